The lowest BCUT2D eigenvalue weighted by atomic mass is 9.70. The SMILES string of the molecule is C=CCCC(=O)N[C@H](COC)[C@H](OC(=O)[C@@H]1[C@H]2O[C@@]3(CC2Br)[C@H](C(=O)N(CC=C)CCCC)N([C@@H](CO)C(C)C)C(=O)[C@@H]13)c1ccccc1. The number of fused-ring (bicyclic) bond motifs is 1. The number of methoxy groups -OCH3 is 1. The standard InChI is InChI=1S/C37H52BrN3O8/c1-7-10-17-28(43)39-26(22-47-6)31(24-15-13-12-14-16-24)48-36(46)29-30-34(44)41(27(21-42)23(4)5)33(37(30)20-25(38)32(29)49-37)35(45)40(18-9-3)19-11-8-2/h7,9,12-16,23,25-27,29-33,42H,1,3,8,10-11,17-22H2,2,4-6H3,(H,39,43)/t25?,26-,27+,29+,30-,31-,32+,33+,37-/m1/s1. The number of likely N-dealkylation sites (tertiary alicyclic amines) is 1. The minimum atomic E-state index is -1.32. The third kappa shape index (κ3) is 7.82. The number of nitrogens with one attached hydrogen (secondary N) is 1. The fourth-order valence-corrected chi connectivity index (χ4v) is 8.63. The average molecular weight is 747 g/mol. The second-order valence-electron chi connectivity index (χ2n) is 13.6. The van der Waals surface area contributed by atoms with Crippen molar-refractivity contribution in [2.45, 2.75) is 93.6 Å². The molecular formula is C37H52BrN3O8. The molecule has 9 atom stereocenters. The molecule has 3 aliphatic rings. The number of hydrogen-bond donors (Lipinski definition) is 2. The van der Waals surface area contributed by atoms with E-state index in [0.29, 0.717) is 24.9 Å². The minimum Gasteiger partial charge on any atom is -0.455 e. The van der Waals surface area contributed by atoms with Gasteiger partial charge in [0, 0.05) is 31.4 Å². The van der Waals surface area contributed by atoms with Crippen molar-refractivity contribution in [1.82, 2.24) is 15.1 Å². The maximum absolute atomic E-state index is 14.7. The van der Waals surface area contributed by atoms with Crippen molar-refractivity contribution in [1.29, 1.82) is 0 Å². The van der Waals surface area contributed by atoms with Gasteiger partial charge in [0.1, 0.15) is 17.7 Å². The Morgan fingerprint density at radius 1 is 1.22 bits per heavy atom. The van der Waals surface area contributed by atoms with Crippen LogP contribution in [-0.2, 0) is 33.4 Å². The summed E-state index contributed by atoms with van der Waals surface area (Å²) in [5.41, 5.74) is -0.683. The zero-order chi connectivity index (χ0) is 35.9. The molecule has 0 saturated carbocycles. The Kier molecular flexibility index (Phi) is 13.6. The van der Waals surface area contributed by atoms with E-state index in [4.69, 9.17) is 14.2 Å². The molecule has 0 radical (unpaired) electrons. The molecule has 3 aliphatic heterocycles. The predicted octanol–water partition coefficient (Wildman–Crippen LogP) is 3.95. The first-order valence-electron chi connectivity index (χ1n) is 17.3. The minimum absolute atomic E-state index is 0.0540. The molecule has 49 heavy (non-hydrogen) atoms. The van der Waals surface area contributed by atoms with Gasteiger partial charge in [0.25, 0.3) is 0 Å². The van der Waals surface area contributed by atoms with Crippen LogP contribution in [0.3, 0.4) is 0 Å². The van der Waals surface area contributed by atoms with Gasteiger partial charge >= 0.3 is 5.97 Å². The first-order chi connectivity index (χ1) is 23.5. The van der Waals surface area contributed by atoms with E-state index in [9.17, 15) is 24.3 Å². The highest BCUT2D eigenvalue weighted by molar-refractivity contribution is 9.09. The Labute approximate surface area is 298 Å². The van der Waals surface area contributed by atoms with Gasteiger partial charge in [0.05, 0.1) is 43.2 Å². The number of benzene rings is 1. The van der Waals surface area contributed by atoms with Crippen LogP contribution in [0.5, 0.6) is 0 Å². The van der Waals surface area contributed by atoms with Crippen molar-refractivity contribution in [3.8, 4) is 0 Å². The summed E-state index contributed by atoms with van der Waals surface area (Å²) in [5, 5.41) is 13.5. The molecule has 11 nitrogen and oxygen atoms in total. The van der Waals surface area contributed by atoms with E-state index >= 15 is 0 Å². The third-order valence-corrected chi connectivity index (χ3v) is 10.8. The predicted molar refractivity (Wildman–Crippen MR) is 188 cm³/mol. The second kappa shape index (κ2) is 17.2. The number of alkyl halides is 1. The number of carbonyl (C=O) groups is 4. The van der Waals surface area contributed by atoms with Crippen LogP contribution in [0.25, 0.3) is 0 Å². The zero-order valence-corrected chi connectivity index (χ0v) is 30.7. The van der Waals surface area contributed by atoms with Crippen molar-refractivity contribution in [3.05, 3.63) is 61.2 Å². The van der Waals surface area contributed by atoms with Crippen molar-refractivity contribution in [2.24, 2.45) is 17.8 Å². The summed E-state index contributed by atoms with van der Waals surface area (Å²) in [4.78, 5) is 59.5. The highest BCUT2D eigenvalue weighted by Gasteiger charge is 2.77. The molecule has 3 heterocycles. The maximum atomic E-state index is 14.7. The van der Waals surface area contributed by atoms with Gasteiger partial charge in [-0.05, 0) is 30.7 Å². The normalized spacial score (nSPS) is 27.4. The van der Waals surface area contributed by atoms with Crippen molar-refractivity contribution >= 4 is 39.6 Å². The summed E-state index contributed by atoms with van der Waals surface area (Å²) >= 11 is 3.73. The van der Waals surface area contributed by atoms with Gasteiger partial charge < -0.3 is 34.4 Å². The largest absolute Gasteiger partial charge is 0.455 e. The maximum Gasteiger partial charge on any atom is 0.313 e. The fraction of sp³-hybridized carbons (Fsp3) is 0.622. The average Bonchev–Trinajstić information content (AvgIpc) is 3.68. The lowest BCUT2D eigenvalue weighted by Gasteiger charge is -2.40. The number of carbonyl (C=O) groups excluding carboxylic acids is 4. The molecule has 270 valence electrons. The second-order valence-corrected chi connectivity index (χ2v) is 14.7. The van der Waals surface area contributed by atoms with Gasteiger partial charge in [0.15, 0.2) is 0 Å². The van der Waals surface area contributed by atoms with Crippen LogP contribution in [0.1, 0.15) is 64.5 Å². The summed E-state index contributed by atoms with van der Waals surface area (Å²) in [7, 11) is 1.50. The number of ether oxygens (including phenoxy) is 3. The highest BCUT2D eigenvalue weighted by atomic mass is 79.9. The molecule has 1 unspecified atom stereocenters. The number of unbranched alkanes of at least 4 members (excludes halogenated alkanes) is 1. The first-order valence-corrected chi connectivity index (χ1v) is 18.2. The van der Waals surface area contributed by atoms with Crippen molar-refractivity contribution in [3.63, 3.8) is 0 Å². The topological polar surface area (TPSA) is 135 Å². The molecule has 1 spiro atoms. The van der Waals surface area contributed by atoms with E-state index in [-0.39, 0.29) is 48.7 Å². The van der Waals surface area contributed by atoms with E-state index in [1.165, 1.54) is 12.0 Å². The molecule has 2 bridgehead atoms. The molecule has 1 aromatic rings. The molecule has 4 rings (SSSR count). The number of allylic oxidation sites excluding steroid dienone is 1. The fourth-order valence-electron chi connectivity index (χ4n) is 7.69. The number of esters is 1. The molecule has 3 amide bonds. The van der Waals surface area contributed by atoms with Crippen molar-refractivity contribution in [2.75, 3.05) is 33.4 Å². The van der Waals surface area contributed by atoms with Gasteiger partial charge in [0.2, 0.25) is 17.7 Å². The smallest absolute Gasteiger partial charge is 0.313 e. The number of hydrogen-bond acceptors (Lipinski definition) is 8. The lowest BCUT2D eigenvalue weighted by Crippen LogP contribution is -2.60. The lowest BCUT2D eigenvalue weighted by molar-refractivity contribution is -0.163. The number of halogens is 1. The van der Waals surface area contributed by atoms with Crippen LogP contribution in [0.2, 0.25) is 0 Å². The Morgan fingerprint density at radius 2 is 1.94 bits per heavy atom. The molecule has 3 saturated heterocycles. The van der Waals surface area contributed by atoms with Gasteiger partial charge in [-0.1, -0.05) is 85.6 Å². The third-order valence-electron chi connectivity index (χ3n) is 9.99. The van der Waals surface area contributed by atoms with Crippen molar-refractivity contribution < 1.29 is 38.5 Å². The number of nitrogens with zero attached hydrogens (tertiary/aromatic N) is 2. The number of rotatable bonds is 19. The Morgan fingerprint density at radius 3 is 2.53 bits per heavy atom. The molecule has 1 aromatic carbocycles. The summed E-state index contributed by atoms with van der Waals surface area (Å²) in [6, 6.07) is 6.60. The van der Waals surface area contributed by atoms with Crippen LogP contribution < -0.4 is 5.32 Å². The van der Waals surface area contributed by atoms with Crippen LogP contribution in [-0.4, -0.2) is 107 Å². The molecule has 0 aromatic heterocycles. The number of amides is 3. The Hall–Kier alpha value is -3.06. The van der Waals surface area contributed by atoms with Crippen LogP contribution in [0.15, 0.2) is 55.6 Å². The van der Waals surface area contributed by atoms with Crippen LogP contribution in [0.4, 0.5) is 0 Å². The summed E-state index contributed by atoms with van der Waals surface area (Å²) < 4.78 is 18.5. The molecule has 3 fully saturated rings. The monoisotopic (exact) mass is 745 g/mol. The van der Waals surface area contributed by atoms with Gasteiger partial charge in [-0.3, -0.25) is 19.2 Å². The van der Waals surface area contributed by atoms with E-state index in [1.54, 1.807) is 29.2 Å². The van der Waals surface area contributed by atoms with E-state index < -0.39 is 59.6 Å². The molecular weight excluding hydrogens is 694 g/mol. The Bertz CT molecular complexity index is 1340. The Balaban J connectivity index is 1.76. The van der Waals surface area contributed by atoms with Crippen LogP contribution in [0, 0.1) is 17.8 Å². The van der Waals surface area contributed by atoms with Gasteiger partial charge in [-0.25, -0.2) is 0 Å². The van der Waals surface area contributed by atoms with E-state index in [1.807, 2.05) is 39.0 Å². The summed E-state index contributed by atoms with van der Waals surface area (Å²) in [6.07, 6.45) is 4.25. The molecule has 2 N–H and O–H groups in total. The molecule has 12 heteroatoms. The van der Waals surface area contributed by atoms with Gasteiger partial charge in [-0.2, -0.15) is 0 Å². The zero-order valence-electron chi connectivity index (χ0n) is 29.1. The quantitative estimate of drug-likeness (QED) is 0.124. The number of aliphatic hydroxyl groups is 1. The highest BCUT2D eigenvalue weighted by Crippen LogP contribution is 2.61. The van der Waals surface area contributed by atoms with Gasteiger partial charge in [-0.15, -0.1) is 13.2 Å². The summed E-state index contributed by atoms with van der Waals surface area (Å²) in [5.74, 6) is -3.87. The number of aliphatic hydroxyl groups excluding tert-OH is 1. The first kappa shape index (κ1) is 38.7. The van der Waals surface area contributed by atoms with E-state index in [2.05, 4.69) is 34.4 Å². The summed E-state index contributed by atoms with van der Waals surface area (Å²) in [6.45, 7) is 13.8. The van der Waals surface area contributed by atoms with Crippen LogP contribution >= 0.6 is 15.9 Å². The van der Waals surface area contributed by atoms with E-state index in [0.717, 1.165) is 12.8 Å². The molecule has 0 aliphatic carbocycles.